The number of rotatable bonds is 7. The van der Waals surface area contributed by atoms with Crippen LogP contribution >= 0.6 is 0 Å². The first-order chi connectivity index (χ1) is 14.9. The highest BCUT2D eigenvalue weighted by Gasteiger charge is 2.30. The zero-order chi connectivity index (χ0) is 22.6. The first kappa shape index (κ1) is 23.8. The molecule has 11 nitrogen and oxygen atoms in total. The predicted molar refractivity (Wildman–Crippen MR) is 108 cm³/mol. The van der Waals surface area contributed by atoms with Gasteiger partial charge in [0.05, 0.1) is 12.2 Å². The van der Waals surface area contributed by atoms with E-state index >= 15 is 0 Å². The van der Waals surface area contributed by atoms with Gasteiger partial charge in [-0.05, 0) is 44.2 Å². The van der Waals surface area contributed by atoms with Crippen molar-refractivity contribution in [3.8, 4) is 0 Å². The van der Waals surface area contributed by atoms with Gasteiger partial charge in [0.15, 0.2) is 0 Å². The van der Waals surface area contributed by atoms with Crippen LogP contribution in [-0.4, -0.2) is 52.4 Å². The molecule has 31 heavy (non-hydrogen) atoms. The molecule has 2 heterocycles. The van der Waals surface area contributed by atoms with Crippen molar-refractivity contribution in [1.82, 2.24) is 26.3 Å². The summed E-state index contributed by atoms with van der Waals surface area (Å²) in [5.74, 6) is -0.556. The molecule has 1 saturated carbocycles. The Morgan fingerprint density at radius 3 is 2.48 bits per heavy atom. The molecule has 11 heteroatoms. The molecule has 0 radical (unpaired) electrons. The van der Waals surface area contributed by atoms with Crippen molar-refractivity contribution in [3.05, 3.63) is 30.1 Å². The average Bonchev–Trinajstić information content (AvgIpc) is 3.09. The first-order valence-electron chi connectivity index (χ1n) is 10.1. The lowest BCUT2D eigenvalue weighted by Crippen LogP contribution is -2.41. The fourth-order valence-electron chi connectivity index (χ4n) is 3.56. The molecule has 1 atom stereocenters. The van der Waals surface area contributed by atoms with E-state index in [0.29, 0.717) is 6.54 Å². The lowest BCUT2D eigenvalue weighted by molar-refractivity contribution is -0.126. The van der Waals surface area contributed by atoms with Crippen LogP contribution in [0, 0.1) is 5.92 Å². The lowest BCUT2D eigenvalue weighted by atomic mass is 9.85. The number of nitrogens with one attached hydrogen (secondary N) is 4. The second-order valence-corrected chi connectivity index (χ2v) is 7.31. The number of hydrogen-bond acceptors (Lipinski definition) is 6. The van der Waals surface area contributed by atoms with Crippen molar-refractivity contribution in [2.45, 2.75) is 57.2 Å². The third-order valence-electron chi connectivity index (χ3n) is 5.15. The Balaban J connectivity index is 0.00000107. The Labute approximate surface area is 179 Å². The SMILES string of the molecule is O=C(CC[C@@H]1NC(=O)NC1=O)NC1CCC(C(=O)NCc2ccccn2)CC1.O=CO. The summed E-state index contributed by atoms with van der Waals surface area (Å²) < 4.78 is 0. The van der Waals surface area contributed by atoms with Gasteiger partial charge in [0, 0.05) is 24.6 Å². The van der Waals surface area contributed by atoms with Crippen molar-refractivity contribution in [2.24, 2.45) is 5.92 Å². The van der Waals surface area contributed by atoms with E-state index in [4.69, 9.17) is 9.90 Å². The molecular weight excluding hydrogens is 406 g/mol. The number of imide groups is 1. The van der Waals surface area contributed by atoms with E-state index in [1.54, 1.807) is 6.20 Å². The molecule has 3 rings (SSSR count). The molecule has 1 aliphatic heterocycles. The molecule has 1 aliphatic carbocycles. The van der Waals surface area contributed by atoms with Crippen molar-refractivity contribution in [3.63, 3.8) is 0 Å². The number of urea groups is 1. The van der Waals surface area contributed by atoms with Gasteiger partial charge in [0.2, 0.25) is 11.8 Å². The quantitative estimate of drug-likeness (QED) is 0.299. The molecule has 2 aliphatic rings. The summed E-state index contributed by atoms with van der Waals surface area (Å²) in [7, 11) is 0. The minimum atomic E-state index is -0.642. The third-order valence-corrected chi connectivity index (χ3v) is 5.15. The number of amides is 5. The van der Waals surface area contributed by atoms with Gasteiger partial charge in [-0.2, -0.15) is 0 Å². The highest BCUT2D eigenvalue weighted by atomic mass is 16.3. The molecule has 168 valence electrons. The van der Waals surface area contributed by atoms with E-state index in [1.807, 2.05) is 18.2 Å². The van der Waals surface area contributed by atoms with Gasteiger partial charge in [0.25, 0.3) is 12.4 Å². The van der Waals surface area contributed by atoms with Crippen LogP contribution in [0.2, 0.25) is 0 Å². The largest absolute Gasteiger partial charge is 0.483 e. The second kappa shape index (κ2) is 12.3. The number of carbonyl (C=O) groups is 5. The third kappa shape index (κ3) is 8.03. The van der Waals surface area contributed by atoms with Crippen LogP contribution in [0.1, 0.15) is 44.2 Å². The Morgan fingerprint density at radius 1 is 1.19 bits per heavy atom. The summed E-state index contributed by atoms with van der Waals surface area (Å²) in [6, 6.07) is 4.47. The summed E-state index contributed by atoms with van der Waals surface area (Å²) in [6.45, 7) is 0.168. The molecule has 5 N–H and O–H groups in total. The van der Waals surface area contributed by atoms with Crippen LogP contribution in [0.4, 0.5) is 4.79 Å². The van der Waals surface area contributed by atoms with E-state index in [-0.39, 0.29) is 43.1 Å². The van der Waals surface area contributed by atoms with Gasteiger partial charge in [-0.15, -0.1) is 0 Å². The molecule has 1 saturated heterocycles. The van der Waals surface area contributed by atoms with Gasteiger partial charge >= 0.3 is 6.03 Å². The Kier molecular flexibility index (Phi) is 9.40. The van der Waals surface area contributed by atoms with E-state index in [1.165, 1.54) is 0 Å². The van der Waals surface area contributed by atoms with E-state index in [0.717, 1.165) is 31.4 Å². The molecule has 0 bridgehead atoms. The van der Waals surface area contributed by atoms with Gasteiger partial charge in [-0.1, -0.05) is 6.07 Å². The standard InChI is InChI=1S/C19H25N5O4.CH2O2/c25-16(9-8-15-18(27)24-19(28)23-15)22-13-6-4-12(5-7-13)17(26)21-11-14-3-1-2-10-20-14;2-1-3/h1-3,10,12-13,15H,4-9,11H2,(H,21,26)(H,22,25)(H2,23,24,27,28);1H,(H,2,3)/t12?,13?,15-;/m0./s1. The molecule has 0 spiro atoms. The van der Waals surface area contributed by atoms with Crippen LogP contribution in [0.5, 0.6) is 0 Å². The minimum absolute atomic E-state index is 0.0263. The molecule has 1 aromatic heterocycles. The van der Waals surface area contributed by atoms with Crippen LogP contribution in [0.15, 0.2) is 24.4 Å². The second-order valence-electron chi connectivity index (χ2n) is 7.31. The Morgan fingerprint density at radius 2 is 1.90 bits per heavy atom. The summed E-state index contributed by atoms with van der Waals surface area (Å²) in [4.78, 5) is 59.5. The van der Waals surface area contributed by atoms with Gasteiger partial charge in [-0.25, -0.2) is 4.79 Å². The zero-order valence-electron chi connectivity index (χ0n) is 17.0. The highest BCUT2D eigenvalue weighted by Crippen LogP contribution is 2.24. The van der Waals surface area contributed by atoms with Crippen LogP contribution in [0.25, 0.3) is 0 Å². The maximum Gasteiger partial charge on any atom is 0.322 e. The maximum atomic E-state index is 12.3. The van der Waals surface area contributed by atoms with E-state index in [2.05, 4.69) is 26.3 Å². The summed E-state index contributed by atoms with van der Waals surface area (Å²) >= 11 is 0. The molecular formula is C20H27N5O6. The molecule has 5 amide bonds. The molecule has 0 unspecified atom stereocenters. The highest BCUT2D eigenvalue weighted by molar-refractivity contribution is 6.04. The van der Waals surface area contributed by atoms with Crippen molar-refractivity contribution in [2.75, 3.05) is 0 Å². The lowest BCUT2D eigenvalue weighted by Gasteiger charge is -2.28. The average molecular weight is 433 g/mol. The van der Waals surface area contributed by atoms with Gasteiger partial charge in [-0.3, -0.25) is 29.5 Å². The van der Waals surface area contributed by atoms with Gasteiger partial charge < -0.3 is 21.1 Å². The monoisotopic (exact) mass is 433 g/mol. The topological polar surface area (TPSA) is 167 Å². The normalized spacial score (nSPS) is 22.3. The van der Waals surface area contributed by atoms with Crippen LogP contribution in [-0.2, 0) is 25.7 Å². The fourth-order valence-corrected chi connectivity index (χ4v) is 3.56. The molecule has 2 fully saturated rings. The van der Waals surface area contributed by atoms with Crippen molar-refractivity contribution in [1.29, 1.82) is 0 Å². The van der Waals surface area contributed by atoms with E-state index < -0.39 is 18.0 Å². The summed E-state index contributed by atoms with van der Waals surface area (Å²) in [5.41, 5.74) is 0.823. The minimum Gasteiger partial charge on any atom is -0.483 e. The van der Waals surface area contributed by atoms with Crippen LogP contribution in [0.3, 0.4) is 0 Å². The number of nitrogens with zero attached hydrogens (tertiary/aromatic N) is 1. The fraction of sp³-hybridized carbons (Fsp3) is 0.500. The number of aromatic nitrogens is 1. The Hall–Kier alpha value is -3.50. The smallest absolute Gasteiger partial charge is 0.322 e. The predicted octanol–water partition coefficient (Wildman–Crippen LogP) is 0.0618. The number of pyridine rings is 1. The summed E-state index contributed by atoms with van der Waals surface area (Å²) in [6.07, 6.45) is 5.07. The number of carbonyl (C=O) groups excluding carboxylic acids is 4. The first-order valence-corrected chi connectivity index (χ1v) is 10.1. The number of carboxylic acid groups (broad SMARTS) is 1. The maximum absolute atomic E-state index is 12.3. The van der Waals surface area contributed by atoms with Crippen LogP contribution < -0.4 is 21.3 Å². The number of hydrogen-bond donors (Lipinski definition) is 5. The molecule has 1 aromatic rings. The van der Waals surface area contributed by atoms with E-state index in [9.17, 15) is 19.2 Å². The summed E-state index contributed by atoms with van der Waals surface area (Å²) in [5, 5.41) is 17.4. The molecule has 0 aromatic carbocycles. The van der Waals surface area contributed by atoms with Crippen molar-refractivity contribution >= 4 is 30.2 Å². The zero-order valence-corrected chi connectivity index (χ0v) is 17.0. The van der Waals surface area contributed by atoms with Crippen molar-refractivity contribution < 1.29 is 29.1 Å². The Bertz CT molecular complexity index is 780. The van der Waals surface area contributed by atoms with Gasteiger partial charge in [0.1, 0.15) is 6.04 Å².